The average molecular weight is 289 g/mol. The van der Waals surface area contributed by atoms with Crippen molar-refractivity contribution >= 4 is 17.3 Å². The maximum atomic E-state index is 12.0. The van der Waals surface area contributed by atoms with Crippen molar-refractivity contribution in [3.05, 3.63) is 34.7 Å². The minimum Gasteiger partial charge on any atom is -0.391 e. The lowest BCUT2D eigenvalue weighted by Crippen LogP contribution is -2.30. The Bertz CT molecular complexity index is 540. The molecule has 0 aromatic heterocycles. The molecule has 0 fully saturated rings. The molecule has 1 amide bonds. The van der Waals surface area contributed by atoms with Crippen LogP contribution < -0.4 is 0 Å². The second kappa shape index (κ2) is 6.97. The molecule has 0 saturated heterocycles. The van der Waals surface area contributed by atoms with Crippen LogP contribution in [0.3, 0.4) is 0 Å². The number of nitrogens with zero attached hydrogens (tertiary/aromatic N) is 3. The third-order valence-electron chi connectivity index (χ3n) is 3.43. The van der Waals surface area contributed by atoms with E-state index in [2.05, 4.69) is 10.3 Å². The molecule has 1 aliphatic heterocycles. The number of nitroso groups, excluding NO2 is 1. The van der Waals surface area contributed by atoms with Crippen molar-refractivity contribution in [3.63, 3.8) is 0 Å². The summed E-state index contributed by atoms with van der Waals surface area (Å²) < 4.78 is 0. The summed E-state index contributed by atoms with van der Waals surface area (Å²) in [5.74, 6) is 0.0683. The number of hydrogen-bond donors (Lipinski definition) is 0. The number of carbonyl (C=O) groups excluding carboxylic acids is 1. The molecule has 0 spiro atoms. The zero-order chi connectivity index (χ0) is 15.2. The van der Waals surface area contributed by atoms with Crippen LogP contribution in [0.15, 0.2) is 34.6 Å². The largest absolute Gasteiger partial charge is 0.391 e. The maximum Gasteiger partial charge on any atom is 0.226 e. The highest BCUT2D eigenvalue weighted by molar-refractivity contribution is 6.01. The van der Waals surface area contributed by atoms with Crippen LogP contribution in [0.1, 0.15) is 31.7 Å². The standard InChI is InChI=1S/C15H19N3O3/c1-3-8-18(2)15(19)10-13-9-14(17-21-13)11-4-6-12(16-20)7-5-11/h4-7,13H,3,8-10H2,1-2H3. The van der Waals surface area contributed by atoms with Gasteiger partial charge in [0.2, 0.25) is 5.91 Å². The van der Waals surface area contributed by atoms with Gasteiger partial charge in [-0.3, -0.25) is 4.79 Å². The van der Waals surface area contributed by atoms with Crippen molar-refractivity contribution in [1.82, 2.24) is 4.90 Å². The van der Waals surface area contributed by atoms with E-state index in [4.69, 9.17) is 4.84 Å². The highest BCUT2D eigenvalue weighted by atomic mass is 16.6. The van der Waals surface area contributed by atoms with E-state index in [1.165, 1.54) is 0 Å². The fourth-order valence-electron chi connectivity index (χ4n) is 2.23. The number of amides is 1. The van der Waals surface area contributed by atoms with Crippen LogP contribution in [0.5, 0.6) is 0 Å². The van der Waals surface area contributed by atoms with Gasteiger partial charge in [-0.1, -0.05) is 24.2 Å². The van der Waals surface area contributed by atoms with E-state index in [9.17, 15) is 9.70 Å². The van der Waals surface area contributed by atoms with E-state index in [-0.39, 0.29) is 12.0 Å². The summed E-state index contributed by atoms with van der Waals surface area (Å²) in [5.41, 5.74) is 2.06. The lowest BCUT2D eigenvalue weighted by atomic mass is 10.0. The first-order chi connectivity index (χ1) is 10.1. The predicted octanol–water partition coefficient (Wildman–Crippen LogP) is 2.84. The van der Waals surface area contributed by atoms with E-state index in [1.54, 1.807) is 36.2 Å². The Kier molecular flexibility index (Phi) is 5.03. The minimum absolute atomic E-state index is 0.0683. The molecule has 0 bridgehead atoms. The summed E-state index contributed by atoms with van der Waals surface area (Å²) in [7, 11) is 1.80. The van der Waals surface area contributed by atoms with Gasteiger partial charge in [0.05, 0.1) is 12.1 Å². The van der Waals surface area contributed by atoms with E-state index in [0.29, 0.717) is 18.5 Å². The minimum atomic E-state index is -0.212. The number of benzene rings is 1. The smallest absolute Gasteiger partial charge is 0.226 e. The molecule has 1 aromatic carbocycles. The van der Waals surface area contributed by atoms with Crippen molar-refractivity contribution < 1.29 is 9.63 Å². The van der Waals surface area contributed by atoms with Gasteiger partial charge < -0.3 is 9.74 Å². The first kappa shape index (κ1) is 15.2. The third-order valence-corrected chi connectivity index (χ3v) is 3.43. The van der Waals surface area contributed by atoms with Gasteiger partial charge in [0.15, 0.2) is 0 Å². The molecule has 6 nitrogen and oxygen atoms in total. The molecule has 0 N–H and O–H groups in total. The first-order valence-corrected chi connectivity index (χ1v) is 7.04. The molecule has 0 aliphatic carbocycles. The zero-order valence-corrected chi connectivity index (χ0v) is 12.3. The zero-order valence-electron chi connectivity index (χ0n) is 12.3. The molecule has 21 heavy (non-hydrogen) atoms. The van der Waals surface area contributed by atoms with Crippen LogP contribution in [0.25, 0.3) is 0 Å². The third kappa shape index (κ3) is 3.87. The lowest BCUT2D eigenvalue weighted by Gasteiger charge is -2.17. The first-order valence-electron chi connectivity index (χ1n) is 7.04. The number of rotatable bonds is 6. The van der Waals surface area contributed by atoms with Gasteiger partial charge in [-0.15, -0.1) is 4.91 Å². The number of carbonyl (C=O) groups is 1. The Labute approximate surface area is 123 Å². The van der Waals surface area contributed by atoms with Crippen molar-refractivity contribution in [3.8, 4) is 0 Å². The molecule has 1 aromatic rings. The molecule has 1 atom stereocenters. The highest BCUT2D eigenvalue weighted by Crippen LogP contribution is 2.21. The molecule has 1 heterocycles. The number of oxime groups is 1. The molecule has 0 saturated carbocycles. The summed E-state index contributed by atoms with van der Waals surface area (Å²) in [6, 6.07) is 6.84. The summed E-state index contributed by atoms with van der Waals surface area (Å²) in [4.78, 5) is 29.4. The van der Waals surface area contributed by atoms with Crippen LogP contribution >= 0.6 is 0 Å². The molecule has 6 heteroatoms. The highest BCUT2D eigenvalue weighted by Gasteiger charge is 2.25. The summed E-state index contributed by atoms with van der Waals surface area (Å²) in [6.45, 7) is 2.79. The molecule has 112 valence electrons. The topological polar surface area (TPSA) is 71.3 Å². The van der Waals surface area contributed by atoms with Crippen LogP contribution in [0.2, 0.25) is 0 Å². The fourth-order valence-corrected chi connectivity index (χ4v) is 2.23. The molecular weight excluding hydrogens is 270 g/mol. The van der Waals surface area contributed by atoms with Gasteiger partial charge in [0, 0.05) is 20.0 Å². The molecule has 2 rings (SSSR count). The van der Waals surface area contributed by atoms with Gasteiger partial charge >= 0.3 is 0 Å². The Hall–Kier alpha value is -2.24. The van der Waals surface area contributed by atoms with Gasteiger partial charge in [-0.25, -0.2) is 0 Å². The van der Waals surface area contributed by atoms with Gasteiger partial charge in [0.25, 0.3) is 0 Å². The SMILES string of the molecule is CCCN(C)C(=O)CC1CC(c2ccc(N=O)cc2)=NO1. The Morgan fingerprint density at radius 1 is 1.43 bits per heavy atom. The molecule has 1 unspecified atom stereocenters. The second-order valence-electron chi connectivity index (χ2n) is 5.13. The van der Waals surface area contributed by atoms with Crippen LogP contribution in [0.4, 0.5) is 5.69 Å². The average Bonchev–Trinajstić information content (AvgIpc) is 2.96. The van der Waals surface area contributed by atoms with E-state index in [0.717, 1.165) is 24.2 Å². The molecular formula is C15H19N3O3. The predicted molar refractivity (Wildman–Crippen MR) is 80.5 cm³/mol. The Morgan fingerprint density at radius 2 is 2.14 bits per heavy atom. The Morgan fingerprint density at radius 3 is 2.76 bits per heavy atom. The fraction of sp³-hybridized carbons (Fsp3) is 0.467. The number of hydrogen-bond acceptors (Lipinski definition) is 5. The van der Waals surface area contributed by atoms with Crippen molar-refractivity contribution in [2.45, 2.75) is 32.3 Å². The van der Waals surface area contributed by atoms with Gasteiger partial charge in [-0.2, -0.15) is 0 Å². The summed E-state index contributed by atoms with van der Waals surface area (Å²) in [6.07, 6.45) is 1.65. The second-order valence-corrected chi connectivity index (χ2v) is 5.13. The van der Waals surface area contributed by atoms with E-state index in [1.807, 2.05) is 6.92 Å². The maximum absolute atomic E-state index is 12.0. The van der Waals surface area contributed by atoms with Crippen LogP contribution in [-0.4, -0.2) is 36.2 Å². The monoisotopic (exact) mass is 289 g/mol. The Balaban J connectivity index is 1.90. The summed E-state index contributed by atoms with van der Waals surface area (Å²) >= 11 is 0. The van der Waals surface area contributed by atoms with Crippen LogP contribution in [0, 0.1) is 4.91 Å². The van der Waals surface area contributed by atoms with Gasteiger partial charge in [-0.05, 0) is 29.3 Å². The molecule has 0 radical (unpaired) electrons. The van der Waals surface area contributed by atoms with Crippen LogP contribution in [-0.2, 0) is 9.63 Å². The summed E-state index contributed by atoms with van der Waals surface area (Å²) in [5, 5.41) is 6.90. The van der Waals surface area contributed by atoms with Crippen molar-refractivity contribution in [2.24, 2.45) is 10.3 Å². The van der Waals surface area contributed by atoms with E-state index >= 15 is 0 Å². The van der Waals surface area contributed by atoms with Crippen molar-refractivity contribution in [1.29, 1.82) is 0 Å². The van der Waals surface area contributed by atoms with Gasteiger partial charge in [0.1, 0.15) is 11.8 Å². The lowest BCUT2D eigenvalue weighted by molar-refractivity contribution is -0.132. The normalized spacial score (nSPS) is 17.0. The van der Waals surface area contributed by atoms with Crippen molar-refractivity contribution in [2.75, 3.05) is 13.6 Å². The molecule has 1 aliphatic rings. The van der Waals surface area contributed by atoms with E-state index < -0.39 is 0 Å². The quantitative estimate of drug-likeness (QED) is 0.756.